The van der Waals surface area contributed by atoms with E-state index >= 15 is 0 Å². The number of unbranched alkanes of at least 4 members (excludes halogenated alkanes) is 1. The highest BCUT2D eigenvalue weighted by Crippen LogP contribution is 2.45. The summed E-state index contributed by atoms with van der Waals surface area (Å²) in [7, 11) is 0. The van der Waals surface area contributed by atoms with Crippen LogP contribution in [-0.2, 0) is 6.42 Å². The molecule has 9 rings (SSSR count). The minimum absolute atomic E-state index is 0.919. The van der Waals surface area contributed by atoms with Gasteiger partial charge in [-0.3, -0.25) is 0 Å². The molecule has 1 heteroatoms. The third-order valence-corrected chi connectivity index (χ3v) is 10.1. The Bertz CT molecular complexity index is 2620. The number of hydrogen-bond acceptors (Lipinski definition) is 1. The van der Waals surface area contributed by atoms with E-state index in [2.05, 4.69) is 159 Å². The van der Waals surface area contributed by atoms with Gasteiger partial charge >= 0.3 is 0 Å². The number of hydrogen-bond donors (Lipinski definition) is 0. The van der Waals surface area contributed by atoms with Crippen LogP contribution in [0.3, 0.4) is 0 Å². The third kappa shape index (κ3) is 5.10. The summed E-state index contributed by atoms with van der Waals surface area (Å²) in [6.07, 6.45) is 3.53. The smallest absolute Gasteiger partial charge is 0.143 e. The van der Waals surface area contributed by atoms with Gasteiger partial charge in [0, 0.05) is 16.3 Å². The highest BCUT2D eigenvalue weighted by atomic mass is 16.3. The van der Waals surface area contributed by atoms with E-state index in [1.807, 2.05) is 12.1 Å². The molecular formula is C48H36O. The van der Waals surface area contributed by atoms with Crippen molar-refractivity contribution >= 4 is 43.5 Å². The van der Waals surface area contributed by atoms with Crippen molar-refractivity contribution < 1.29 is 4.42 Å². The molecule has 0 aliphatic carbocycles. The second-order valence-electron chi connectivity index (χ2n) is 13.1. The van der Waals surface area contributed by atoms with Crippen LogP contribution >= 0.6 is 0 Å². The minimum Gasteiger partial charge on any atom is -0.455 e. The maximum Gasteiger partial charge on any atom is 0.143 e. The van der Waals surface area contributed by atoms with Crippen LogP contribution in [0.4, 0.5) is 0 Å². The number of fused-ring (bicyclic) bond motifs is 5. The number of rotatable bonds is 7. The van der Waals surface area contributed by atoms with Gasteiger partial charge in [0.1, 0.15) is 11.2 Å². The summed E-state index contributed by atoms with van der Waals surface area (Å²) in [6, 6.07) is 59.8. The van der Waals surface area contributed by atoms with Crippen molar-refractivity contribution in [2.24, 2.45) is 0 Å². The molecule has 0 bridgehead atoms. The molecule has 49 heavy (non-hydrogen) atoms. The first kappa shape index (κ1) is 29.2. The molecule has 0 N–H and O–H groups in total. The Hall–Kier alpha value is -5.92. The Balaban J connectivity index is 1.26. The van der Waals surface area contributed by atoms with Crippen LogP contribution in [-0.4, -0.2) is 0 Å². The molecule has 0 spiro atoms. The number of furan rings is 1. The monoisotopic (exact) mass is 628 g/mol. The molecule has 0 fully saturated rings. The van der Waals surface area contributed by atoms with Crippen molar-refractivity contribution in [3.63, 3.8) is 0 Å². The number of para-hydroxylation sites is 2. The molecule has 0 amide bonds. The van der Waals surface area contributed by atoms with Crippen LogP contribution in [0.2, 0.25) is 0 Å². The van der Waals surface area contributed by atoms with Crippen LogP contribution in [0.1, 0.15) is 25.3 Å². The van der Waals surface area contributed by atoms with E-state index in [1.165, 1.54) is 73.3 Å². The fourth-order valence-corrected chi connectivity index (χ4v) is 7.64. The van der Waals surface area contributed by atoms with Crippen LogP contribution in [0.25, 0.3) is 88.0 Å². The van der Waals surface area contributed by atoms with Crippen molar-refractivity contribution in [3.05, 3.63) is 169 Å². The average Bonchev–Trinajstić information content (AvgIpc) is 3.55. The van der Waals surface area contributed by atoms with Gasteiger partial charge in [0.15, 0.2) is 0 Å². The van der Waals surface area contributed by atoms with Crippen molar-refractivity contribution in [1.82, 2.24) is 0 Å². The Labute approximate surface area is 287 Å². The number of aryl methyl sites for hydroxylation is 1. The van der Waals surface area contributed by atoms with E-state index in [0.29, 0.717) is 0 Å². The second kappa shape index (κ2) is 12.3. The van der Waals surface area contributed by atoms with E-state index in [1.54, 1.807) is 0 Å². The topological polar surface area (TPSA) is 13.1 Å². The lowest BCUT2D eigenvalue weighted by Gasteiger charge is -2.19. The molecule has 1 nitrogen and oxygen atoms in total. The molecule has 0 aliphatic rings. The predicted octanol–water partition coefficient (Wildman–Crippen LogP) is 13.9. The zero-order valence-corrected chi connectivity index (χ0v) is 27.6. The largest absolute Gasteiger partial charge is 0.455 e. The van der Waals surface area contributed by atoms with Gasteiger partial charge in [-0.15, -0.1) is 0 Å². The molecule has 234 valence electrons. The van der Waals surface area contributed by atoms with E-state index in [9.17, 15) is 0 Å². The zero-order chi connectivity index (χ0) is 32.7. The van der Waals surface area contributed by atoms with Crippen LogP contribution in [0, 0.1) is 0 Å². The van der Waals surface area contributed by atoms with Gasteiger partial charge < -0.3 is 4.42 Å². The third-order valence-electron chi connectivity index (χ3n) is 10.1. The second-order valence-corrected chi connectivity index (χ2v) is 13.1. The van der Waals surface area contributed by atoms with Crippen LogP contribution < -0.4 is 0 Å². The van der Waals surface area contributed by atoms with Gasteiger partial charge in [0.2, 0.25) is 0 Å². The summed E-state index contributed by atoms with van der Waals surface area (Å²) in [4.78, 5) is 0. The van der Waals surface area contributed by atoms with Crippen LogP contribution in [0.5, 0.6) is 0 Å². The van der Waals surface area contributed by atoms with Gasteiger partial charge in [0.25, 0.3) is 0 Å². The molecule has 9 aromatic rings. The molecule has 0 aliphatic heterocycles. The summed E-state index contributed by atoms with van der Waals surface area (Å²) in [5.74, 6) is 0. The first-order valence-corrected chi connectivity index (χ1v) is 17.4. The SMILES string of the molecule is CCCCc1ccc(-c2c3ccccc3c(-c3ccccc3)c3ccc(-c4cccc(-c5cccc6c5oc5ccccc56)c4)cc23)cc1. The van der Waals surface area contributed by atoms with Gasteiger partial charge in [-0.05, 0) is 97.1 Å². The highest BCUT2D eigenvalue weighted by Gasteiger charge is 2.18. The van der Waals surface area contributed by atoms with Crippen molar-refractivity contribution in [3.8, 4) is 44.5 Å². The summed E-state index contributed by atoms with van der Waals surface area (Å²) in [5, 5.41) is 7.38. The molecule has 0 saturated heterocycles. The Morgan fingerprint density at radius 1 is 0.408 bits per heavy atom. The molecule has 1 aromatic heterocycles. The molecule has 8 aromatic carbocycles. The summed E-state index contributed by atoms with van der Waals surface area (Å²) >= 11 is 0. The van der Waals surface area contributed by atoms with E-state index in [4.69, 9.17) is 4.42 Å². The Morgan fingerprint density at radius 3 is 1.78 bits per heavy atom. The number of benzene rings is 8. The molecule has 0 radical (unpaired) electrons. The van der Waals surface area contributed by atoms with Crippen molar-refractivity contribution in [2.75, 3.05) is 0 Å². The maximum atomic E-state index is 6.43. The fraction of sp³-hybridized carbons (Fsp3) is 0.0833. The zero-order valence-electron chi connectivity index (χ0n) is 27.6. The first-order valence-electron chi connectivity index (χ1n) is 17.4. The molecule has 1 heterocycles. The highest BCUT2D eigenvalue weighted by molar-refractivity contribution is 6.22. The first-order chi connectivity index (χ1) is 24.3. The lowest BCUT2D eigenvalue weighted by Crippen LogP contribution is -1.92. The Kier molecular flexibility index (Phi) is 7.32. The predicted molar refractivity (Wildman–Crippen MR) is 209 cm³/mol. The van der Waals surface area contributed by atoms with E-state index in [-0.39, 0.29) is 0 Å². The van der Waals surface area contributed by atoms with Gasteiger partial charge in [-0.1, -0.05) is 159 Å². The normalized spacial score (nSPS) is 11.6. The summed E-state index contributed by atoms with van der Waals surface area (Å²) in [6.45, 7) is 2.26. The quantitative estimate of drug-likeness (QED) is 0.160. The van der Waals surface area contributed by atoms with Gasteiger partial charge in [-0.2, -0.15) is 0 Å². The van der Waals surface area contributed by atoms with Crippen molar-refractivity contribution in [1.29, 1.82) is 0 Å². The average molecular weight is 629 g/mol. The molecule has 0 atom stereocenters. The summed E-state index contributed by atoms with van der Waals surface area (Å²) in [5.41, 5.74) is 12.9. The standard InChI is InChI=1S/C48H36O/c1-2-3-13-32-24-26-34(27-25-32)47-41-20-8-7-19-40(41)46(33-14-5-4-6-15-33)42-29-28-36(31-44(42)47)35-16-11-17-37(30-35)38-21-12-22-43-39-18-9-10-23-45(39)49-48(38)43/h4-12,14-31H,2-3,13H2,1H3. The Morgan fingerprint density at radius 2 is 0.980 bits per heavy atom. The molecule has 0 saturated carbocycles. The minimum atomic E-state index is 0.919. The van der Waals surface area contributed by atoms with Gasteiger partial charge in [-0.25, -0.2) is 0 Å². The van der Waals surface area contributed by atoms with Crippen molar-refractivity contribution in [2.45, 2.75) is 26.2 Å². The van der Waals surface area contributed by atoms with E-state index in [0.717, 1.165) is 39.5 Å². The van der Waals surface area contributed by atoms with Crippen LogP contribution in [0.15, 0.2) is 168 Å². The lowest BCUT2D eigenvalue weighted by molar-refractivity contribution is 0.670. The lowest BCUT2D eigenvalue weighted by atomic mass is 9.84. The fourth-order valence-electron chi connectivity index (χ4n) is 7.64. The van der Waals surface area contributed by atoms with Gasteiger partial charge in [0.05, 0.1) is 0 Å². The maximum absolute atomic E-state index is 6.43. The molecule has 0 unspecified atom stereocenters. The summed E-state index contributed by atoms with van der Waals surface area (Å²) < 4.78 is 6.43. The molecular weight excluding hydrogens is 593 g/mol. The van der Waals surface area contributed by atoms with E-state index < -0.39 is 0 Å².